The zero-order chi connectivity index (χ0) is 15.2. The van der Waals surface area contributed by atoms with Crippen molar-refractivity contribution >= 4 is 29.3 Å². The smallest absolute Gasteiger partial charge is 0.320 e. The standard InChI is InChI=1S/C15H20N2O3S/c1-2-5-11(15(19)20)16-10-14(18)17-8-9-21-13-7-4-3-6-12(13)17/h3-4,6-7,11,16H,2,5,8-10H2,1H3,(H,19,20)/t11-/m1/s1. The Balaban J connectivity index is 2.00. The topological polar surface area (TPSA) is 69.6 Å². The lowest BCUT2D eigenvalue weighted by molar-refractivity contribution is -0.139. The number of nitrogens with zero attached hydrogens (tertiary/aromatic N) is 1. The van der Waals surface area contributed by atoms with Crippen LogP contribution in [0.2, 0.25) is 0 Å². The number of benzene rings is 1. The van der Waals surface area contributed by atoms with Gasteiger partial charge in [-0.15, -0.1) is 11.8 Å². The summed E-state index contributed by atoms with van der Waals surface area (Å²) in [5.74, 6) is -0.121. The maximum atomic E-state index is 12.4. The number of aliphatic carboxylic acids is 1. The van der Waals surface area contributed by atoms with E-state index in [4.69, 9.17) is 5.11 Å². The number of thioether (sulfide) groups is 1. The molecule has 1 amide bonds. The zero-order valence-electron chi connectivity index (χ0n) is 12.0. The summed E-state index contributed by atoms with van der Waals surface area (Å²) >= 11 is 1.74. The summed E-state index contributed by atoms with van der Waals surface area (Å²) in [7, 11) is 0. The van der Waals surface area contributed by atoms with Gasteiger partial charge in [0, 0.05) is 17.2 Å². The van der Waals surface area contributed by atoms with Gasteiger partial charge in [0.05, 0.1) is 12.2 Å². The van der Waals surface area contributed by atoms with Gasteiger partial charge in [0.25, 0.3) is 0 Å². The monoisotopic (exact) mass is 308 g/mol. The summed E-state index contributed by atoms with van der Waals surface area (Å²) in [4.78, 5) is 26.3. The van der Waals surface area contributed by atoms with E-state index in [0.29, 0.717) is 13.0 Å². The van der Waals surface area contributed by atoms with Gasteiger partial charge in [-0.2, -0.15) is 0 Å². The van der Waals surface area contributed by atoms with E-state index in [2.05, 4.69) is 5.32 Å². The van der Waals surface area contributed by atoms with Crippen LogP contribution in [0, 0.1) is 0 Å². The molecule has 1 aliphatic heterocycles. The number of nitrogens with one attached hydrogen (secondary N) is 1. The Labute approximate surface area is 128 Å². The molecule has 0 bridgehead atoms. The predicted molar refractivity (Wildman–Crippen MR) is 83.9 cm³/mol. The minimum absolute atomic E-state index is 0.0516. The number of carbonyl (C=O) groups is 2. The highest BCUT2D eigenvalue weighted by molar-refractivity contribution is 7.99. The van der Waals surface area contributed by atoms with Crippen LogP contribution in [-0.2, 0) is 9.59 Å². The van der Waals surface area contributed by atoms with E-state index in [-0.39, 0.29) is 12.5 Å². The second-order valence-corrected chi connectivity index (χ2v) is 6.06. The van der Waals surface area contributed by atoms with Crippen molar-refractivity contribution in [2.75, 3.05) is 23.7 Å². The number of hydrogen-bond acceptors (Lipinski definition) is 4. The molecule has 1 aliphatic rings. The molecule has 0 aliphatic carbocycles. The quantitative estimate of drug-likeness (QED) is 0.841. The number of para-hydroxylation sites is 1. The third kappa shape index (κ3) is 3.98. The number of carboxylic acids is 1. The summed E-state index contributed by atoms with van der Waals surface area (Å²) in [6, 6.07) is 7.15. The van der Waals surface area contributed by atoms with Crippen molar-refractivity contribution in [3.63, 3.8) is 0 Å². The summed E-state index contributed by atoms with van der Waals surface area (Å²) < 4.78 is 0. The van der Waals surface area contributed by atoms with E-state index >= 15 is 0 Å². The molecule has 6 heteroatoms. The Kier molecular flexibility index (Phi) is 5.64. The fourth-order valence-electron chi connectivity index (χ4n) is 2.34. The van der Waals surface area contributed by atoms with Gasteiger partial charge < -0.3 is 10.0 Å². The minimum atomic E-state index is -0.903. The summed E-state index contributed by atoms with van der Waals surface area (Å²) in [5, 5.41) is 11.9. The van der Waals surface area contributed by atoms with Crippen LogP contribution in [0.25, 0.3) is 0 Å². The highest BCUT2D eigenvalue weighted by atomic mass is 32.2. The minimum Gasteiger partial charge on any atom is -0.480 e. The number of carbonyl (C=O) groups excluding carboxylic acids is 1. The number of fused-ring (bicyclic) bond motifs is 1. The predicted octanol–water partition coefficient (Wildman–Crippen LogP) is 1.97. The highest BCUT2D eigenvalue weighted by Gasteiger charge is 2.24. The molecular formula is C15H20N2O3S. The first-order chi connectivity index (χ1) is 10.1. The first kappa shape index (κ1) is 15.9. The fraction of sp³-hybridized carbons (Fsp3) is 0.467. The van der Waals surface area contributed by atoms with E-state index in [0.717, 1.165) is 22.8 Å². The molecule has 1 atom stereocenters. The van der Waals surface area contributed by atoms with Crippen LogP contribution in [0.1, 0.15) is 19.8 Å². The number of carboxylic acid groups (broad SMARTS) is 1. The van der Waals surface area contributed by atoms with Crippen molar-refractivity contribution in [1.29, 1.82) is 0 Å². The Hall–Kier alpha value is -1.53. The van der Waals surface area contributed by atoms with Crippen LogP contribution in [0.15, 0.2) is 29.2 Å². The molecule has 0 radical (unpaired) electrons. The number of amides is 1. The van der Waals surface area contributed by atoms with Gasteiger partial charge in [-0.25, -0.2) is 0 Å². The van der Waals surface area contributed by atoms with Crippen LogP contribution < -0.4 is 10.2 Å². The van der Waals surface area contributed by atoms with Crippen LogP contribution >= 0.6 is 11.8 Å². The van der Waals surface area contributed by atoms with Gasteiger partial charge >= 0.3 is 5.97 Å². The summed E-state index contributed by atoms with van der Waals surface area (Å²) in [5.41, 5.74) is 0.919. The van der Waals surface area contributed by atoms with E-state index in [1.165, 1.54) is 0 Å². The molecule has 0 unspecified atom stereocenters. The molecule has 0 saturated heterocycles. The van der Waals surface area contributed by atoms with Gasteiger partial charge in [0.2, 0.25) is 5.91 Å². The molecule has 21 heavy (non-hydrogen) atoms. The normalized spacial score (nSPS) is 15.4. The number of hydrogen-bond donors (Lipinski definition) is 2. The zero-order valence-corrected chi connectivity index (χ0v) is 12.9. The second kappa shape index (κ2) is 7.47. The van der Waals surface area contributed by atoms with Crippen LogP contribution in [-0.4, -0.2) is 41.9 Å². The Morgan fingerprint density at radius 3 is 2.90 bits per heavy atom. The van der Waals surface area contributed by atoms with Crippen molar-refractivity contribution < 1.29 is 14.7 Å². The van der Waals surface area contributed by atoms with E-state index in [1.807, 2.05) is 31.2 Å². The van der Waals surface area contributed by atoms with Crippen molar-refractivity contribution in [3.8, 4) is 0 Å². The molecule has 5 nitrogen and oxygen atoms in total. The SMILES string of the molecule is CCC[C@@H](NCC(=O)N1CCSc2ccccc21)C(=O)O. The third-order valence-corrected chi connectivity index (χ3v) is 4.45. The lowest BCUT2D eigenvalue weighted by Gasteiger charge is -2.29. The van der Waals surface area contributed by atoms with Crippen LogP contribution in [0.4, 0.5) is 5.69 Å². The first-order valence-corrected chi connectivity index (χ1v) is 8.10. The van der Waals surface area contributed by atoms with Crippen molar-refractivity contribution in [1.82, 2.24) is 5.32 Å². The molecule has 0 spiro atoms. The molecule has 114 valence electrons. The first-order valence-electron chi connectivity index (χ1n) is 7.12. The van der Waals surface area contributed by atoms with E-state index in [1.54, 1.807) is 16.7 Å². The molecule has 2 rings (SSSR count). The largest absolute Gasteiger partial charge is 0.480 e. The average Bonchev–Trinajstić information content (AvgIpc) is 2.50. The van der Waals surface area contributed by atoms with E-state index < -0.39 is 12.0 Å². The lowest BCUT2D eigenvalue weighted by Crippen LogP contribution is -2.46. The molecule has 1 heterocycles. The Morgan fingerprint density at radius 2 is 2.19 bits per heavy atom. The van der Waals surface area contributed by atoms with Gasteiger partial charge in [-0.1, -0.05) is 25.5 Å². The lowest BCUT2D eigenvalue weighted by atomic mass is 10.1. The van der Waals surface area contributed by atoms with Gasteiger partial charge in [-0.3, -0.25) is 14.9 Å². The van der Waals surface area contributed by atoms with Gasteiger partial charge in [-0.05, 0) is 18.6 Å². The summed E-state index contributed by atoms with van der Waals surface area (Å²) in [6.45, 7) is 2.64. The summed E-state index contributed by atoms with van der Waals surface area (Å²) in [6.07, 6.45) is 1.29. The maximum absolute atomic E-state index is 12.4. The fourth-order valence-corrected chi connectivity index (χ4v) is 3.33. The Morgan fingerprint density at radius 1 is 1.43 bits per heavy atom. The molecule has 1 aromatic carbocycles. The Bertz CT molecular complexity index is 521. The van der Waals surface area contributed by atoms with Crippen LogP contribution in [0.3, 0.4) is 0 Å². The second-order valence-electron chi connectivity index (χ2n) is 4.92. The average molecular weight is 308 g/mol. The third-order valence-electron chi connectivity index (χ3n) is 3.40. The molecule has 0 saturated carbocycles. The van der Waals surface area contributed by atoms with Crippen molar-refractivity contribution in [2.45, 2.75) is 30.7 Å². The van der Waals surface area contributed by atoms with Crippen molar-refractivity contribution in [3.05, 3.63) is 24.3 Å². The maximum Gasteiger partial charge on any atom is 0.320 e. The van der Waals surface area contributed by atoms with Crippen molar-refractivity contribution in [2.24, 2.45) is 0 Å². The number of rotatable bonds is 6. The van der Waals surface area contributed by atoms with Crippen LogP contribution in [0.5, 0.6) is 0 Å². The van der Waals surface area contributed by atoms with Gasteiger partial charge in [0.15, 0.2) is 0 Å². The molecule has 2 N–H and O–H groups in total. The molecular weight excluding hydrogens is 288 g/mol. The van der Waals surface area contributed by atoms with Gasteiger partial charge in [0.1, 0.15) is 6.04 Å². The molecule has 0 aromatic heterocycles. The molecule has 1 aromatic rings. The number of anilines is 1. The highest BCUT2D eigenvalue weighted by Crippen LogP contribution is 2.34. The molecule has 0 fully saturated rings. The van der Waals surface area contributed by atoms with E-state index in [9.17, 15) is 9.59 Å².